The fourth-order valence-electron chi connectivity index (χ4n) is 10.1. The third-order valence-electron chi connectivity index (χ3n) is 13.1. The number of anilines is 1. The van der Waals surface area contributed by atoms with Crippen molar-refractivity contribution in [1.29, 1.82) is 0 Å². The van der Waals surface area contributed by atoms with Gasteiger partial charge in [-0.15, -0.1) is 0 Å². The molecule has 0 radical (unpaired) electrons. The maximum absolute atomic E-state index is 16.4. The Hall–Kier alpha value is -7.88. The molecule has 3 N–H and O–H groups in total. The standard InChI is InChI=1S/C55H53N3O14/c1-67-29-30-71-54(66)57-42-26-25-34(15-13-24-40(50(62)68-2)51(63)69-3)31-41(42)55(53(57)65)44(49(61)56-33-43(60)35-16-7-4-8-17-35)46-52(64)72-47(37-20-11-6-12-21-37)45(36-18-9-5-10-19-36)58(46)48(55)38-22-14-23-39(32-38)70-28-27-59/h4-12,14,16-23,25-26,31-32,40,43-48,59-60H,24,27-30,33H2,1-3H3,(H,56,61)/t43-,44+,45+,46+,47-,48-,55+/m0/s1. The zero-order valence-electron chi connectivity index (χ0n) is 39.7. The number of esters is 3. The number of imide groups is 1. The molecule has 0 saturated carbocycles. The number of carbonyl (C=O) groups excluding carboxylic acids is 6. The van der Waals surface area contributed by atoms with E-state index in [-0.39, 0.29) is 62.0 Å². The highest BCUT2D eigenvalue weighted by atomic mass is 16.6. The van der Waals surface area contributed by atoms with Crippen LogP contribution in [0.5, 0.6) is 5.75 Å². The number of amides is 3. The number of aliphatic hydroxyl groups is 2. The molecule has 3 aliphatic heterocycles. The number of cyclic esters (lactones) is 1. The van der Waals surface area contributed by atoms with Crippen molar-refractivity contribution in [3.05, 3.63) is 167 Å². The van der Waals surface area contributed by atoms with Gasteiger partial charge >= 0.3 is 24.0 Å². The molecule has 3 amide bonds. The highest BCUT2D eigenvalue weighted by Crippen LogP contribution is 2.66. The first-order valence-corrected chi connectivity index (χ1v) is 23.2. The normalized spacial score (nSPS) is 21.4. The van der Waals surface area contributed by atoms with Gasteiger partial charge < -0.3 is 44.0 Å². The van der Waals surface area contributed by atoms with Crippen LogP contribution in [0.4, 0.5) is 10.5 Å². The first kappa shape index (κ1) is 50.5. The van der Waals surface area contributed by atoms with Crippen LogP contribution in [0.3, 0.4) is 0 Å². The van der Waals surface area contributed by atoms with E-state index in [0.717, 1.165) is 19.1 Å². The van der Waals surface area contributed by atoms with Crippen LogP contribution >= 0.6 is 0 Å². The predicted octanol–water partition coefficient (Wildman–Crippen LogP) is 5.06. The molecule has 1 spiro atoms. The number of aliphatic hydroxyl groups excluding tert-OH is 2. The summed E-state index contributed by atoms with van der Waals surface area (Å²) in [6.07, 6.45) is -3.66. The highest BCUT2D eigenvalue weighted by molar-refractivity contribution is 6.23. The molecule has 8 rings (SSSR count). The maximum atomic E-state index is 16.4. The SMILES string of the molecule is COCCOC(=O)N1C(=O)[C@@]2(c3cc(C#CCC(C(=O)OC)C(=O)OC)ccc31)[C@H](c1cccc(OCCO)c1)N1[C@H](c3ccccc3)[C@H](c3ccccc3)OC(=O)[C@H]1[C@@H]2C(=O)NC[C@H](O)c1ccccc1. The summed E-state index contributed by atoms with van der Waals surface area (Å²) in [5.74, 6) is -1.33. The predicted molar refractivity (Wildman–Crippen MR) is 258 cm³/mol. The Morgan fingerprint density at radius 2 is 1.42 bits per heavy atom. The van der Waals surface area contributed by atoms with Crippen LogP contribution in [0.15, 0.2) is 133 Å². The second-order valence-corrected chi connectivity index (χ2v) is 17.2. The average Bonchev–Trinajstić information content (AvgIpc) is 3.87. The fraction of sp³-hybridized carbons (Fsp3) is 0.309. The van der Waals surface area contributed by atoms with E-state index in [9.17, 15) is 24.6 Å². The van der Waals surface area contributed by atoms with Crippen molar-refractivity contribution >= 4 is 41.5 Å². The Kier molecular flexibility index (Phi) is 15.8. The lowest BCUT2D eigenvalue weighted by molar-refractivity contribution is -0.178. The van der Waals surface area contributed by atoms with Crippen molar-refractivity contribution in [1.82, 2.24) is 10.2 Å². The van der Waals surface area contributed by atoms with Gasteiger partial charge in [-0.2, -0.15) is 0 Å². The molecule has 0 bridgehead atoms. The number of methoxy groups -OCH3 is 3. The summed E-state index contributed by atoms with van der Waals surface area (Å²) in [6.45, 7) is -1.03. The van der Waals surface area contributed by atoms with E-state index in [1.54, 1.807) is 60.7 Å². The lowest BCUT2D eigenvalue weighted by Crippen LogP contribution is -2.56. The van der Waals surface area contributed by atoms with E-state index in [0.29, 0.717) is 22.3 Å². The quantitative estimate of drug-likeness (QED) is 0.0387. The molecule has 5 aromatic rings. The Bertz CT molecular complexity index is 2840. The molecule has 72 heavy (non-hydrogen) atoms. The largest absolute Gasteiger partial charge is 0.491 e. The van der Waals surface area contributed by atoms with Crippen molar-refractivity contribution in [3.8, 4) is 17.6 Å². The van der Waals surface area contributed by atoms with E-state index >= 15 is 14.4 Å². The van der Waals surface area contributed by atoms with Gasteiger partial charge in [-0.3, -0.25) is 28.9 Å². The van der Waals surface area contributed by atoms with Gasteiger partial charge in [-0.25, -0.2) is 9.69 Å². The highest BCUT2D eigenvalue weighted by Gasteiger charge is 2.76. The van der Waals surface area contributed by atoms with E-state index in [4.69, 9.17) is 28.4 Å². The first-order valence-electron chi connectivity index (χ1n) is 23.2. The number of ether oxygens (including phenoxy) is 6. The third kappa shape index (κ3) is 9.64. The van der Waals surface area contributed by atoms with Crippen LogP contribution < -0.4 is 15.0 Å². The molecule has 0 aliphatic carbocycles. The monoisotopic (exact) mass is 979 g/mol. The Balaban J connectivity index is 1.43. The Morgan fingerprint density at radius 1 is 0.764 bits per heavy atom. The summed E-state index contributed by atoms with van der Waals surface area (Å²) in [6, 6.07) is 34.4. The molecule has 2 saturated heterocycles. The summed E-state index contributed by atoms with van der Waals surface area (Å²) in [5.41, 5.74) is 0.234. The van der Waals surface area contributed by atoms with Gasteiger partial charge in [0.1, 0.15) is 36.5 Å². The van der Waals surface area contributed by atoms with E-state index in [1.807, 2.05) is 65.6 Å². The van der Waals surface area contributed by atoms with Gasteiger partial charge in [0.05, 0.1) is 57.2 Å². The first-order chi connectivity index (χ1) is 35.0. The van der Waals surface area contributed by atoms with E-state index < -0.39 is 83.4 Å². The van der Waals surface area contributed by atoms with Crippen LogP contribution in [0.1, 0.15) is 64.1 Å². The second kappa shape index (κ2) is 22.5. The number of hydrogen-bond acceptors (Lipinski definition) is 15. The molecular weight excluding hydrogens is 927 g/mol. The minimum absolute atomic E-state index is 0.0128. The maximum Gasteiger partial charge on any atom is 0.421 e. The van der Waals surface area contributed by atoms with E-state index in [2.05, 4.69) is 17.2 Å². The molecular formula is C55H53N3O14. The zero-order chi connectivity index (χ0) is 50.9. The number of nitrogens with zero attached hydrogens (tertiary/aromatic N) is 2. The van der Waals surface area contributed by atoms with Crippen molar-refractivity contribution in [2.75, 3.05) is 59.2 Å². The molecule has 0 aromatic heterocycles. The molecule has 5 aromatic carbocycles. The summed E-state index contributed by atoms with van der Waals surface area (Å²) in [4.78, 5) is 90.1. The number of rotatable bonds is 16. The van der Waals surface area contributed by atoms with E-state index in [1.165, 1.54) is 19.2 Å². The van der Waals surface area contributed by atoms with Crippen molar-refractivity contribution in [2.24, 2.45) is 11.8 Å². The lowest BCUT2D eigenvalue weighted by atomic mass is 9.65. The van der Waals surface area contributed by atoms with Gasteiger partial charge in [-0.1, -0.05) is 115 Å². The van der Waals surface area contributed by atoms with Crippen molar-refractivity contribution in [3.63, 3.8) is 0 Å². The Labute approximate surface area is 415 Å². The fourth-order valence-corrected chi connectivity index (χ4v) is 10.1. The minimum Gasteiger partial charge on any atom is -0.491 e. The van der Waals surface area contributed by atoms with Crippen LogP contribution in [0, 0.1) is 23.7 Å². The number of fused-ring (bicyclic) bond motifs is 3. The van der Waals surface area contributed by atoms with Crippen LogP contribution in [-0.4, -0.2) is 111 Å². The average molecular weight is 980 g/mol. The molecule has 2 fully saturated rings. The van der Waals surface area contributed by atoms with Crippen molar-refractivity contribution < 1.29 is 67.4 Å². The number of morpholine rings is 1. The zero-order valence-corrected chi connectivity index (χ0v) is 39.7. The number of benzene rings is 5. The molecule has 7 atom stereocenters. The molecule has 3 heterocycles. The molecule has 3 aliphatic rings. The smallest absolute Gasteiger partial charge is 0.421 e. The molecule has 372 valence electrons. The third-order valence-corrected chi connectivity index (χ3v) is 13.1. The molecule has 0 unspecified atom stereocenters. The van der Waals surface area contributed by atoms with Gasteiger partial charge in [0.2, 0.25) is 11.8 Å². The molecule has 17 heteroatoms. The van der Waals surface area contributed by atoms with Crippen molar-refractivity contribution in [2.45, 2.75) is 42.2 Å². The Morgan fingerprint density at radius 3 is 2.07 bits per heavy atom. The number of nitrogens with one attached hydrogen (secondary N) is 1. The number of hydrogen-bond donors (Lipinski definition) is 3. The summed E-state index contributed by atoms with van der Waals surface area (Å²) < 4.78 is 33.0. The van der Waals surface area contributed by atoms with Gasteiger partial charge in [-0.05, 0) is 58.1 Å². The van der Waals surface area contributed by atoms with Gasteiger partial charge in [0, 0.05) is 25.6 Å². The topological polar surface area (TPSA) is 217 Å². The number of carbonyl (C=O) groups is 6. The van der Waals surface area contributed by atoms with Crippen LogP contribution in [0.25, 0.3) is 0 Å². The van der Waals surface area contributed by atoms with Gasteiger partial charge in [0.15, 0.2) is 5.92 Å². The van der Waals surface area contributed by atoms with Crippen LogP contribution in [-0.2, 0) is 53.1 Å². The minimum atomic E-state index is -2.24. The summed E-state index contributed by atoms with van der Waals surface area (Å²) in [7, 11) is 3.68. The van der Waals surface area contributed by atoms with Crippen LogP contribution in [0.2, 0.25) is 0 Å². The summed E-state index contributed by atoms with van der Waals surface area (Å²) >= 11 is 0. The second-order valence-electron chi connectivity index (χ2n) is 17.2. The lowest BCUT2D eigenvalue weighted by Gasteiger charge is -2.46. The summed E-state index contributed by atoms with van der Waals surface area (Å²) in [5, 5.41) is 24.1. The molecule has 17 nitrogen and oxygen atoms in total. The van der Waals surface area contributed by atoms with Gasteiger partial charge in [0.25, 0.3) is 0 Å².